The zero-order chi connectivity index (χ0) is 15.0. The van der Waals surface area contributed by atoms with E-state index >= 15 is 0 Å². The fourth-order valence-corrected chi connectivity index (χ4v) is 2.12. The largest absolute Gasteiger partial charge is 0.469 e. The Labute approximate surface area is 129 Å². The highest BCUT2D eigenvalue weighted by atomic mass is 35.5. The maximum Gasteiger partial charge on any atom is 0.306 e. The number of benzene rings is 1. The second kappa shape index (κ2) is 9.19. The third-order valence-corrected chi connectivity index (χ3v) is 3.48. The molecule has 0 amide bonds. The summed E-state index contributed by atoms with van der Waals surface area (Å²) in [6.07, 6.45) is 0.332. The molecular weight excluding hydrogens is 301 g/mol. The Kier molecular flexibility index (Phi) is 7.92. The van der Waals surface area contributed by atoms with Crippen LogP contribution in [-0.4, -0.2) is 44.8 Å². The van der Waals surface area contributed by atoms with Crippen LogP contribution < -0.4 is 0 Å². The molecule has 0 fully saturated rings. The molecule has 0 bridgehead atoms. The number of carbonyl (C=O) groups excluding carboxylic acids is 1. The molecule has 112 valence electrons. The van der Waals surface area contributed by atoms with E-state index in [1.807, 2.05) is 6.07 Å². The molecule has 0 atom stereocenters. The minimum atomic E-state index is -0.232. The number of nitrogens with zero attached hydrogens (tertiary/aromatic N) is 1. The Bertz CT molecular complexity index is 440. The molecule has 0 aromatic heterocycles. The molecule has 0 aliphatic rings. The highest BCUT2D eigenvalue weighted by Gasteiger charge is 2.11. The van der Waals surface area contributed by atoms with Crippen molar-refractivity contribution in [3.05, 3.63) is 33.8 Å². The molecular formula is C14H19Cl2NO3. The summed E-state index contributed by atoms with van der Waals surface area (Å²) in [5.74, 6) is -0.232. The summed E-state index contributed by atoms with van der Waals surface area (Å²) in [7, 11) is 3.03. The molecule has 0 heterocycles. The predicted octanol–water partition coefficient (Wildman–Crippen LogP) is 3.00. The second-order valence-electron chi connectivity index (χ2n) is 4.33. The fourth-order valence-electron chi connectivity index (χ4n) is 1.75. The lowest BCUT2D eigenvalue weighted by molar-refractivity contribution is -0.141. The Hall–Kier alpha value is -0.810. The average molecular weight is 320 g/mol. The van der Waals surface area contributed by atoms with Crippen molar-refractivity contribution in [3.8, 4) is 0 Å². The fraction of sp³-hybridized carbons (Fsp3) is 0.500. The van der Waals surface area contributed by atoms with Crippen molar-refractivity contribution >= 4 is 29.2 Å². The summed E-state index contributed by atoms with van der Waals surface area (Å²) >= 11 is 12.1. The van der Waals surface area contributed by atoms with E-state index in [2.05, 4.69) is 9.64 Å². The summed E-state index contributed by atoms with van der Waals surface area (Å²) in [5, 5.41) is 1.30. The number of rotatable bonds is 8. The summed E-state index contributed by atoms with van der Waals surface area (Å²) in [5.41, 5.74) is 0.931. The van der Waals surface area contributed by atoms with Crippen LogP contribution in [0.3, 0.4) is 0 Å². The number of esters is 1. The van der Waals surface area contributed by atoms with Gasteiger partial charge in [0.15, 0.2) is 0 Å². The lowest BCUT2D eigenvalue weighted by Gasteiger charge is -2.22. The zero-order valence-corrected chi connectivity index (χ0v) is 13.2. The Morgan fingerprint density at radius 2 is 2.00 bits per heavy atom. The molecule has 0 radical (unpaired) electrons. The van der Waals surface area contributed by atoms with Gasteiger partial charge < -0.3 is 9.47 Å². The molecule has 0 aliphatic carbocycles. The van der Waals surface area contributed by atoms with Crippen molar-refractivity contribution in [1.82, 2.24) is 4.90 Å². The third kappa shape index (κ3) is 6.09. The molecule has 0 unspecified atom stereocenters. The highest BCUT2D eigenvalue weighted by molar-refractivity contribution is 6.33. The summed E-state index contributed by atoms with van der Waals surface area (Å²) < 4.78 is 9.73. The van der Waals surface area contributed by atoms with Crippen LogP contribution in [0.15, 0.2) is 18.2 Å². The topological polar surface area (TPSA) is 38.8 Å². The van der Waals surface area contributed by atoms with Gasteiger partial charge in [-0.05, 0) is 23.8 Å². The SMILES string of the molecule is COCCN(CCC(=O)OC)Cc1cc(Cl)ccc1Cl. The zero-order valence-electron chi connectivity index (χ0n) is 11.7. The van der Waals surface area contributed by atoms with Gasteiger partial charge >= 0.3 is 5.97 Å². The van der Waals surface area contributed by atoms with Crippen LogP contribution in [0.4, 0.5) is 0 Å². The molecule has 0 spiro atoms. The monoisotopic (exact) mass is 319 g/mol. The van der Waals surface area contributed by atoms with Crippen molar-refractivity contribution in [2.24, 2.45) is 0 Å². The second-order valence-corrected chi connectivity index (χ2v) is 5.17. The summed E-state index contributed by atoms with van der Waals surface area (Å²) in [4.78, 5) is 13.3. The van der Waals surface area contributed by atoms with Crippen LogP contribution in [0.2, 0.25) is 10.0 Å². The first-order chi connectivity index (χ1) is 9.56. The number of methoxy groups -OCH3 is 2. The van der Waals surface area contributed by atoms with Crippen molar-refractivity contribution in [1.29, 1.82) is 0 Å². The molecule has 1 rings (SSSR count). The van der Waals surface area contributed by atoms with Gasteiger partial charge in [0, 0.05) is 36.8 Å². The van der Waals surface area contributed by atoms with Gasteiger partial charge in [-0.25, -0.2) is 0 Å². The Balaban J connectivity index is 2.67. The van der Waals surface area contributed by atoms with Crippen LogP contribution in [0.25, 0.3) is 0 Å². The van der Waals surface area contributed by atoms with Crippen molar-refractivity contribution < 1.29 is 14.3 Å². The van der Waals surface area contributed by atoms with E-state index in [-0.39, 0.29) is 5.97 Å². The molecule has 1 aromatic carbocycles. The molecule has 20 heavy (non-hydrogen) atoms. The van der Waals surface area contributed by atoms with Gasteiger partial charge in [-0.1, -0.05) is 23.2 Å². The van der Waals surface area contributed by atoms with E-state index in [0.717, 1.165) is 5.56 Å². The van der Waals surface area contributed by atoms with Gasteiger partial charge in [0.05, 0.1) is 20.1 Å². The number of carbonyl (C=O) groups is 1. The summed E-state index contributed by atoms with van der Waals surface area (Å²) in [6.45, 7) is 2.48. The van der Waals surface area contributed by atoms with E-state index in [0.29, 0.717) is 42.7 Å². The molecule has 0 N–H and O–H groups in total. The van der Waals surface area contributed by atoms with Crippen LogP contribution in [0, 0.1) is 0 Å². The molecule has 1 aromatic rings. The minimum absolute atomic E-state index is 0.232. The maximum absolute atomic E-state index is 11.2. The number of ether oxygens (including phenoxy) is 2. The van der Waals surface area contributed by atoms with Crippen LogP contribution in [0.1, 0.15) is 12.0 Å². The first-order valence-electron chi connectivity index (χ1n) is 6.29. The van der Waals surface area contributed by atoms with E-state index in [1.165, 1.54) is 7.11 Å². The molecule has 0 saturated carbocycles. The van der Waals surface area contributed by atoms with E-state index in [4.69, 9.17) is 27.9 Å². The molecule has 0 aliphatic heterocycles. The Morgan fingerprint density at radius 3 is 2.65 bits per heavy atom. The van der Waals surface area contributed by atoms with E-state index < -0.39 is 0 Å². The van der Waals surface area contributed by atoms with Gasteiger partial charge in [-0.3, -0.25) is 9.69 Å². The minimum Gasteiger partial charge on any atom is -0.469 e. The number of hydrogen-bond acceptors (Lipinski definition) is 4. The molecule has 4 nitrogen and oxygen atoms in total. The predicted molar refractivity (Wildman–Crippen MR) is 80.2 cm³/mol. The highest BCUT2D eigenvalue weighted by Crippen LogP contribution is 2.22. The first kappa shape index (κ1) is 17.2. The quantitative estimate of drug-likeness (QED) is 0.690. The molecule has 0 saturated heterocycles. The standard InChI is InChI=1S/C14H19Cl2NO3/c1-19-8-7-17(6-5-14(18)20-2)10-11-9-12(15)3-4-13(11)16/h3-4,9H,5-8,10H2,1-2H3. The Morgan fingerprint density at radius 1 is 1.25 bits per heavy atom. The number of hydrogen-bond donors (Lipinski definition) is 0. The lowest BCUT2D eigenvalue weighted by Crippen LogP contribution is -2.29. The van der Waals surface area contributed by atoms with E-state index in [1.54, 1.807) is 19.2 Å². The third-order valence-electron chi connectivity index (χ3n) is 2.87. The van der Waals surface area contributed by atoms with Crippen molar-refractivity contribution in [2.75, 3.05) is 33.9 Å². The average Bonchev–Trinajstić information content (AvgIpc) is 2.45. The van der Waals surface area contributed by atoms with Gasteiger partial charge in [0.1, 0.15) is 0 Å². The smallest absolute Gasteiger partial charge is 0.306 e. The van der Waals surface area contributed by atoms with E-state index in [9.17, 15) is 4.79 Å². The van der Waals surface area contributed by atoms with Crippen molar-refractivity contribution in [2.45, 2.75) is 13.0 Å². The normalized spacial score (nSPS) is 10.8. The van der Waals surface area contributed by atoms with Crippen LogP contribution in [0.5, 0.6) is 0 Å². The van der Waals surface area contributed by atoms with Crippen molar-refractivity contribution in [3.63, 3.8) is 0 Å². The maximum atomic E-state index is 11.2. The first-order valence-corrected chi connectivity index (χ1v) is 7.04. The summed E-state index contributed by atoms with van der Waals surface area (Å²) in [6, 6.07) is 5.36. The van der Waals surface area contributed by atoms with Crippen LogP contribution in [-0.2, 0) is 20.8 Å². The van der Waals surface area contributed by atoms with Gasteiger partial charge in [-0.2, -0.15) is 0 Å². The van der Waals surface area contributed by atoms with Gasteiger partial charge in [0.2, 0.25) is 0 Å². The van der Waals surface area contributed by atoms with Gasteiger partial charge in [-0.15, -0.1) is 0 Å². The molecule has 6 heteroatoms. The van der Waals surface area contributed by atoms with Gasteiger partial charge in [0.25, 0.3) is 0 Å². The lowest BCUT2D eigenvalue weighted by atomic mass is 10.2. The number of halogens is 2. The van der Waals surface area contributed by atoms with Crippen LogP contribution >= 0.6 is 23.2 Å².